The summed E-state index contributed by atoms with van der Waals surface area (Å²) in [6, 6.07) is 4.16. The maximum Gasteiger partial charge on any atom is 0.130 e. The monoisotopic (exact) mass is 263 g/mol. The number of hydrogen-bond acceptors (Lipinski definition) is 4. The summed E-state index contributed by atoms with van der Waals surface area (Å²) >= 11 is 0. The molecule has 1 fully saturated rings. The highest BCUT2D eigenvalue weighted by atomic mass is 16.3. The molecule has 0 aliphatic carbocycles. The summed E-state index contributed by atoms with van der Waals surface area (Å²) in [6.07, 6.45) is 5.27. The van der Waals surface area contributed by atoms with E-state index in [1.165, 1.54) is 18.4 Å². The minimum absolute atomic E-state index is 0.314. The van der Waals surface area contributed by atoms with Crippen LogP contribution in [0.1, 0.15) is 31.7 Å². The van der Waals surface area contributed by atoms with Gasteiger partial charge in [-0.3, -0.25) is 4.90 Å². The van der Waals surface area contributed by atoms with E-state index in [4.69, 9.17) is 5.11 Å². The van der Waals surface area contributed by atoms with Gasteiger partial charge in [-0.1, -0.05) is 6.07 Å². The standard InChI is InChI=1S/C15H25N3O/c1-2-16-15-14(6-3-8-17-15)12-18-9-4-5-13(11-18)7-10-19/h3,6,8,13,19H,2,4-5,7,9-12H2,1H3,(H,16,17). The first kappa shape index (κ1) is 14.3. The van der Waals surface area contributed by atoms with Crippen LogP contribution in [0.5, 0.6) is 0 Å². The second-order valence-corrected chi connectivity index (χ2v) is 5.30. The van der Waals surface area contributed by atoms with Crippen molar-refractivity contribution in [1.82, 2.24) is 9.88 Å². The maximum absolute atomic E-state index is 9.07. The first-order valence-corrected chi connectivity index (χ1v) is 7.34. The number of anilines is 1. The van der Waals surface area contributed by atoms with Gasteiger partial charge in [0.1, 0.15) is 5.82 Å². The lowest BCUT2D eigenvalue weighted by atomic mass is 9.95. The zero-order chi connectivity index (χ0) is 13.5. The summed E-state index contributed by atoms with van der Waals surface area (Å²) in [7, 11) is 0. The van der Waals surface area contributed by atoms with Gasteiger partial charge < -0.3 is 10.4 Å². The number of nitrogens with zero attached hydrogens (tertiary/aromatic N) is 2. The lowest BCUT2D eigenvalue weighted by Gasteiger charge is -2.32. The number of piperidine rings is 1. The Labute approximate surface area is 115 Å². The van der Waals surface area contributed by atoms with Gasteiger partial charge in [0.15, 0.2) is 0 Å². The molecule has 2 rings (SSSR count). The largest absolute Gasteiger partial charge is 0.396 e. The molecule has 0 amide bonds. The normalized spacial score (nSPS) is 20.4. The molecule has 1 aromatic heterocycles. The average molecular weight is 263 g/mol. The predicted molar refractivity (Wildman–Crippen MR) is 78.1 cm³/mol. The molecule has 4 heteroatoms. The molecular formula is C15H25N3O. The Morgan fingerprint density at radius 2 is 2.42 bits per heavy atom. The molecule has 1 unspecified atom stereocenters. The van der Waals surface area contributed by atoms with Crippen LogP contribution >= 0.6 is 0 Å². The third-order valence-electron chi connectivity index (χ3n) is 3.77. The quantitative estimate of drug-likeness (QED) is 0.825. The SMILES string of the molecule is CCNc1ncccc1CN1CCCC(CCO)C1. The molecule has 0 spiro atoms. The number of aromatic nitrogens is 1. The van der Waals surface area contributed by atoms with Crippen molar-refractivity contribution in [1.29, 1.82) is 0 Å². The van der Waals surface area contributed by atoms with Crippen molar-refractivity contribution >= 4 is 5.82 Å². The van der Waals surface area contributed by atoms with E-state index in [0.717, 1.165) is 38.4 Å². The Morgan fingerprint density at radius 3 is 3.21 bits per heavy atom. The van der Waals surface area contributed by atoms with Gasteiger partial charge in [-0.25, -0.2) is 4.98 Å². The zero-order valence-corrected chi connectivity index (χ0v) is 11.8. The van der Waals surface area contributed by atoms with Crippen LogP contribution in [0.4, 0.5) is 5.82 Å². The number of likely N-dealkylation sites (tertiary alicyclic amines) is 1. The molecule has 1 saturated heterocycles. The molecule has 1 atom stereocenters. The van der Waals surface area contributed by atoms with Crippen LogP contribution in [0.2, 0.25) is 0 Å². The maximum atomic E-state index is 9.07. The molecule has 1 aliphatic rings. The van der Waals surface area contributed by atoms with Crippen molar-refractivity contribution in [2.75, 3.05) is 31.6 Å². The number of aliphatic hydroxyl groups is 1. The van der Waals surface area contributed by atoms with Crippen molar-refractivity contribution in [2.24, 2.45) is 5.92 Å². The molecule has 2 N–H and O–H groups in total. The topological polar surface area (TPSA) is 48.4 Å². The number of aliphatic hydroxyl groups excluding tert-OH is 1. The molecule has 0 bridgehead atoms. The van der Waals surface area contributed by atoms with Crippen LogP contribution in [0.25, 0.3) is 0 Å². The van der Waals surface area contributed by atoms with Gasteiger partial charge in [0.2, 0.25) is 0 Å². The van der Waals surface area contributed by atoms with Gasteiger partial charge in [0, 0.05) is 38.0 Å². The Balaban J connectivity index is 1.96. The summed E-state index contributed by atoms with van der Waals surface area (Å²) in [5.41, 5.74) is 1.27. The first-order chi connectivity index (χ1) is 9.33. The number of pyridine rings is 1. The van der Waals surface area contributed by atoms with Crippen LogP contribution in [0, 0.1) is 5.92 Å². The Bertz CT molecular complexity index is 381. The molecule has 0 saturated carbocycles. The minimum Gasteiger partial charge on any atom is -0.396 e. The fraction of sp³-hybridized carbons (Fsp3) is 0.667. The predicted octanol–water partition coefficient (Wildman–Crippen LogP) is 2.11. The van der Waals surface area contributed by atoms with Gasteiger partial charge >= 0.3 is 0 Å². The minimum atomic E-state index is 0.314. The fourth-order valence-electron chi connectivity index (χ4n) is 2.85. The molecule has 0 aromatic carbocycles. The van der Waals surface area contributed by atoms with Crippen LogP contribution in [0.15, 0.2) is 18.3 Å². The van der Waals surface area contributed by atoms with E-state index in [2.05, 4.69) is 28.2 Å². The fourth-order valence-corrected chi connectivity index (χ4v) is 2.85. The van der Waals surface area contributed by atoms with Gasteiger partial charge in [-0.15, -0.1) is 0 Å². The van der Waals surface area contributed by atoms with Crippen molar-refractivity contribution < 1.29 is 5.11 Å². The molecule has 2 heterocycles. The molecule has 0 radical (unpaired) electrons. The highest BCUT2D eigenvalue weighted by Gasteiger charge is 2.20. The van der Waals surface area contributed by atoms with E-state index in [0.29, 0.717) is 12.5 Å². The zero-order valence-electron chi connectivity index (χ0n) is 11.8. The summed E-state index contributed by atoms with van der Waals surface area (Å²) in [5.74, 6) is 1.66. The molecular weight excluding hydrogens is 238 g/mol. The van der Waals surface area contributed by atoms with E-state index < -0.39 is 0 Å². The summed E-state index contributed by atoms with van der Waals surface area (Å²) in [5, 5.41) is 12.4. The average Bonchev–Trinajstić information content (AvgIpc) is 2.42. The smallest absolute Gasteiger partial charge is 0.130 e. The van der Waals surface area contributed by atoms with Crippen molar-refractivity contribution in [2.45, 2.75) is 32.7 Å². The van der Waals surface area contributed by atoms with Crippen LogP contribution in [-0.2, 0) is 6.54 Å². The highest BCUT2D eigenvalue weighted by Crippen LogP contribution is 2.22. The summed E-state index contributed by atoms with van der Waals surface area (Å²) in [4.78, 5) is 6.90. The number of hydrogen-bond donors (Lipinski definition) is 2. The Morgan fingerprint density at radius 1 is 1.53 bits per heavy atom. The lowest BCUT2D eigenvalue weighted by Crippen LogP contribution is -2.35. The summed E-state index contributed by atoms with van der Waals surface area (Å²) in [6.45, 7) is 6.52. The first-order valence-electron chi connectivity index (χ1n) is 7.34. The third kappa shape index (κ3) is 4.18. The Kier molecular flexibility index (Phi) is 5.61. The lowest BCUT2D eigenvalue weighted by molar-refractivity contribution is 0.142. The molecule has 19 heavy (non-hydrogen) atoms. The van der Waals surface area contributed by atoms with Gasteiger partial charge in [0.05, 0.1) is 0 Å². The van der Waals surface area contributed by atoms with Crippen LogP contribution in [0.3, 0.4) is 0 Å². The van der Waals surface area contributed by atoms with Gasteiger partial charge in [-0.2, -0.15) is 0 Å². The van der Waals surface area contributed by atoms with Crippen LogP contribution in [-0.4, -0.2) is 41.2 Å². The third-order valence-corrected chi connectivity index (χ3v) is 3.77. The van der Waals surface area contributed by atoms with Gasteiger partial charge in [-0.05, 0) is 44.7 Å². The summed E-state index contributed by atoms with van der Waals surface area (Å²) < 4.78 is 0. The van der Waals surface area contributed by atoms with Crippen molar-refractivity contribution in [3.8, 4) is 0 Å². The van der Waals surface area contributed by atoms with E-state index >= 15 is 0 Å². The highest BCUT2D eigenvalue weighted by molar-refractivity contribution is 5.43. The van der Waals surface area contributed by atoms with E-state index in [1.807, 2.05) is 12.3 Å². The molecule has 4 nitrogen and oxygen atoms in total. The second-order valence-electron chi connectivity index (χ2n) is 5.30. The number of rotatable bonds is 6. The molecule has 1 aromatic rings. The molecule has 106 valence electrons. The Hall–Kier alpha value is -1.13. The van der Waals surface area contributed by atoms with Crippen molar-refractivity contribution in [3.05, 3.63) is 23.9 Å². The van der Waals surface area contributed by atoms with E-state index in [-0.39, 0.29) is 0 Å². The van der Waals surface area contributed by atoms with Gasteiger partial charge in [0.25, 0.3) is 0 Å². The van der Waals surface area contributed by atoms with Crippen LogP contribution < -0.4 is 5.32 Å². The second kappa shape index (κ2) is 7.46. The van der Waals surface area contributed by atoms with E-state index in [1.54, 1.807) is 0 Å². The van der Waals surface area contributed by atoms with E-state index in [9.17, 15) is 0 Å². The molecule has 1 aliphatic heterocycles. The number of nitrogens with one attached hydrogen (secondary N) is 1. The van der Waals surface area contributed by atoms with Crippen molar-refractivity contribution in [3.63, 3.8) is 0 Å².